The summed E-state index contributed by atoms with van der Waals surface area (Å²) in [4.78, 5) is 10.4. The summed E-state index contributed by atoms with van der Waals surface area (Å²) < 4.78 is 0. The second kappa shape index (κ2) is 11.8. The maximum atomic E-state index is 5.27. The Morgan fingerprint density at radius 3 is 1.65 bits per heavy atom. The Balaban J connectivity index is 1.19. The van der Waals surface area contributed by atoms with Crippen LogP contribution in [0.25, 0.3) is 54.6 Å². The monoisotopic (exact) mass is 613 g/mol. The molecular formula is C45H31N3. The molecule has 0 fully saturated rings. The predicted octanol–water partition coefficient (Wildman–Crippen LogP) is 11.0. The molecule has 1 aliphatic heterocycles. The van der Waals surface area contributed by atoms with E-state index in [1.54, 1.807) is 0 Å². The van der Waals surface area contributed by atoms with Gasteiger partial charge in [0.2, 0.25) is 0 Å². The lowest BCUT2D eigenvalue weighted by atomic mass is 9.95. The number of fused-ring (bicyclic) bond motifs is 5. The normalized spacial score (nSPS) is 14.5. The second-order valence-corrected chi connectivity index (χ2v) is 12.3. The van der Waals surface area contributed by atoms with Crippen molar-refractivity contribution in [2.45, 2.75) is 6.17 Å². The van der Waals surface area contributed by atoms with Crippen molar-refractivity contribution in [1.29, 1.82) is 0 Å². The predicted molar refractivity (Wildman–Crippen MR) is 202 cm³/mol. The van der Waals surface area contributed by atoms with Crippen LogP contribution in [-0.2, 0) is 0 Å². The highest BCUT2D eigenvalue weighted by atomic mass is 15.2. The number of hydrogen-bond donors (Lipinski definition) is 1. The molecule has 1 unspecified atom stereocenters. The second-order valence-electron chi connectivity index (χ2n) is 12.3. The highest BCUT2D eigenvalue weighted by Crippen LogP contribution is 2.34. The van der Waals surface area contributed by atoms with Crippen LogP contribution in [0.5, 0.6) is 0 Å². The van der Waals surface area contributed by atoms with E-state index in [2.05, 4.69) is 169 Å². The number of benzene rings is 8. The van der Waals surface area contributed by atoms with Crippen LogP contribution >= 0.6 is 0 Å². The first-order valence-electron chi connectivity index (χ1n) is 16.4. The highest BCUT2D eigenvalue weighted by Gasteiger charge is 2.22. The van der Waals surface area contributed by atoms with Crippen LogP contribution in [0, 0.1) is 0 Å². The molecule has 3 heteroatoms. The largest absolute Gasteiger partial charge is 0.344 e. The van der Waals surface area contributed by atoms with Crippen molar-refractivity contribution < 1.29 is 0 Å². The van der Waals surface area contributed by atoms with Crippen molar-refractivity contribution in [3.8, 4) is 22.3 Å². The van der Waals surface area contributed by atoms with Gasteiger partial charge in [-0.05, 0) is 78.3 Å². The molecule has 0 bridgehead atoms. The molecule has 3 nitrogen and oxygen atoms in total. The SMILES string of the molecule is c1ccc(-c2cccc(C3=NC(c4ccc5ccc6c7ccccc7ccc6c5c4)NC(c4cccc(-c5ccccc5)c4)=N3)c2)cc1. The molecule has 1 N–H and O–H groups in total. The minimum absolute atomic E-state index is 0.326. The molecule has 1 atom stereocenters. The molecule has 226 valence electrons. The van der Waals surface area contributed by atoms with Crippen LogP contribution in [0.15, 0.2) is 186 Å². The van der Waals surface area contributed by atoms with Crippen LogP contribution in [0.3, 0.4) is 0 Å². The fourth-order valence-electron chi connectivity index (χ4n) is 6.85. The number of amidine groups is 2. The van der Waals surface area contributed by atoms with E-state index in [9.17, 15) is 0 Å². The van der Waals surface area contributed by atoms with E-state index in [1.165, 1.54) is 43.4 Å². The lowest BCUT2D eigenvalue weighted by Gasteiger charge is -2.24. The molecule has 0 amide bonds. The van der Waals surface area contributed by atoms with E-state index in [-0.39, 0.29) is 6.17 Å². The summed E-state index contributed by atoms with van der Waals surface area (Å²) in [5, 5.41) is 11.2. The van der Waals surface area contributed by atoms with Crippen LogP contribution in [0.4, 0.5) is 0 Å². The maximum absolute atomic E-state index is 5.27. The van der Waals surface area contributed by atoms with Crippen LogP contribution < -0.4 is 5.32 Å². The summed E-state index contributed by atoms with van der Waals surface area (Å²) in [7, 11) is 0. The van der Waals surface area contributed by atoms with Crippen molar-refractivity contribution in [3.63, 3.8) is 0 Å². The van der Waals surface area contributed by atoms with Crippen molar-refractivity contribution in [2.24, 2.45) is 9.98 Å². The molecule has 0 spiro atoms. The molecule has 1 heterocycles. The fourth-order valence-corrected chi connectivity index (χ4v) is 6.85. The average molecular weight is 614 g/mol. The number of hydrogen-bond acceptors (Lipinski definition) is 3. The van der Waals surface area contributed by atoms with E-state index in [1.807, 2.05) is 12.1 Å². The zero-order chi connectivity index (χ0) is 31.9. The van der Waals surface area contributed by atoms with Gasteiger partial charge in [-0.1, -0.05) is 158 Å². The van der Waals surface area contributed by atoms with Gasteiger partial charge in [-0.3, -0.25) is 0 Å². The van der Waals surface area contributed by atoms with Gasteiger partial charge in [0.15, 0.2) is 5.84 Å². The Morgan fingerprint density at radius 2 is 0.917 bits per heavy atom. The summed E-state index contributed by atoms with van der Waals surface area (Å²) >= 11 is 0. The molecule has 0 radical (unpaired) electrons. The first kappa shape index (κ1) is 27.9. The van der Waals surface area contributed by atoms with Crippen molar-refractivity contribution in [2.75, 3.05) is 0 Å². The third kappa shape index (κ3) is 5.12. The summed E-state index contributed by atoms with van der Waals surface area (Å²) in [5.74, 6) is 1.51. The topological polar surface area (TPSA) is 36.8 Å². The lowest BCUT2D eigenvalue weighted by molar-refractivity contribution is 0.675. The van der Waals surface area contributed by atoms with E-state index in [0.717, 1.165) is 33.7 Å². The molecule has 0 aliphatic carbocycles. The third-order valence-electron chi connectivity index (χ3n) is 9.30. The number of nitrogens with one attached hydrogen (secondary N) is 1. The molecule has 8 aromatic rings. The Kier molecular flexibility index (Phi) is 6.87. The minimum Gasteiger partial charge on any atom is -0.344 e. The molecule has 0 saturated carbocycles. The number of rotatable bonds is 5. The Morgan fingerprint density at radius 1 is 0.375 bits per heavy atom. The zero-order valence-corrected chi connectivity index (χ0v) is 26.2. The third-order valence-corrected chi connectivity index (χ3v) is 9.30. The average Bonchev–Trinajstić information content (AvgIpc) is 3.18. The Labute approximate surface area is 279 Å². The summed E-state index contributed by atoms with van der Waals surface area (Å²) in [6.07, 6.45) is -0.326. The van der Waals surface area contributed by atoms with E-state index >= 15 is 0 Å². The molecule has 48 heavy (non-hydrogen) atoms. The first-order valence-corrected chi connectivity index (χ1v) is 16.4. The molecule has 8 aromatic carbocycles. The van der Waals surface area contributed by atoms with Gasteiger partial charge in [-0.25, -0.2) is 9.98 Å². The lowest BCUT2D eigenvalue weighted by Crippen LogP contribution is -2.33. The standard InChI is InChI=1S/C45H31N3/c1-3-11-30(12-4-1)34-16-9-18-36(27-34)43-46-44(37-19-10-17-35(28-37)31-13-5-2-6-14-31)48-45(47-43)38-22-21-33-24-25-40-39-20-8-7-15-32(39)23-26-41(40)42(33)29-38/h1-29,45H,(H,46,47,48). The van der Waals surface area contributed by atoms with Gasteiger partial charge in [0, 0.05) is 11.1 Å². The summed E-state index contributed by atoms with van der Waals surface area (Å²) in [5.41, 5.74) is 7.71. The van der Waals surface area contributed by atoms with E-state index in [0.29, 0.717) is 5.84 Å². The molecular weight excluding hydrogens is 583 g/mol. The fraction of sp³-hybridized carbons (Fsp3) is 0.0222. The minimum atomic E-state index is -0.326. The quantitative estimate of drug-likeness (QED) is 0.193. The van der Waals surface area contributed by atoms with Crippen LogP contribution in [-0.4, -0.2) is 11.7 Å². The zero-order valence-electron chi connectivity index (χ0n) is 26.2. The smallest absolute Gasteiger partial charge is 0.159 e. The van der Waals surface area contributed by atoms with Gasteiger partial charge in [-0.2, -0.15) is 0 Å². The van der Waals surface area contributed by atoms with Crippen molar-refractivity contribution in [1.82, 2.24) is 5.32 Å². The number of aliphatic imine (C=N–C) groups is 2. The van der Waals surface area contributed by atoms with Gasteiger partial charge in [0.1, 0.15) is 12.0 Å². The molecule has 0 saturated heterocycles. The summed E-state index contributed by atoms with van der Waals surface area (Å²) in [6.45, 7) is 0. The Bertz CT molecular complexity index is 2530. The van der Waals surface area contributed by atoms with Gasteiger partial charge >= 0.3 is 0 Å². The van der Waals surface area contributed by atoms with Gasteiger partial charge in [0.25, 0.3) is 0 Å². The van der Waals surface area contributed by atoms with E-state index in [4.69, 9.17) is 9.98 Å². The molecule has 1 aliphatic rings. The molecule has 9 rings (SSSR count). The van der Waals surface area contributed by atoms with E-state index < -0.39 is 0 Å². The molecule has 0 aromatic heterocycles. The van der Waals surface area contributed by atoms with Crippen molar-refractivity contribution in [3.05, 3.63) is 193 Å². The summed E-state index contributed by atoms with van der Waals surface area (Å²) in [6, 6.07) is 62.3. The van der Waals surface area contributed by atoms with Gasteiger partial charge in [0.05, 0.1) is 0 Å². The van der Waals surface area contributed by atoms with Crippen LogP contribution in [0.2, 0.25) is 0 Å². The van der Waals surface area contributed by atoms with Crippen LogP contribution in [0.1, 0.15) is 22.9 Å². The highest BCUT2D eigenvalue weighted by molar-refractivity contribution is 6.17. The first-order chi connectivity index (χ1) is 23.8. The van der Waals surface area contributed by atoms with Crippen molar-refractivity contribution >= 4 is 44.0 Å². The maximum Gasteiger partial charge on any atom is 0.159 e. The Hall–Kier alpha value is -6.32. The van der Waals surface area contributed by atoms with Gasteiger partial charge in [-0.15, -0.1) is 0 Å². The number of nitrogens with zero attached hydrogens (tertiary/aromatic N) is 2. The van der Waals surface area contributed by atoms with Gasteiger partial charge < -0.3 is 5.32 Å².